The predicted octanol–water partition coefficient (Wildman–Crippen LogP) is 5.38. The number of amides is 2. The van der Waals surface area contributed by atoms with E-state index in [9.17, 15) is 9.59 Å². The van der Waals surface area contributed by atoms with Gasteiger partial charge in [-0.1, -0.05) is 63.6 Å². The highest BCUT2D eigenvalue weighted by atomic mass is 79.9. The molecule has 0 aromatic heterocycles. The molecule has 32 heavy (non-hydrogen) atoms. The van der Waals surface area contributed by atoms with E-state index in [1.807, 2.05) is 63.2 Å². The first-order chi connectivity index (χ1) is 15.1. The SMILES string of the molecule is CCNC(=O)[C@H](CC)N(Cc1cccc(C)c1)C(=O)COc1ccc(C(C)(C)C)cc1Br. The summed E-state index contributed by atoms with van der Waals surface area (Å²) in [5, 5.41) is 2.85. The smallest absolute Gasteiger partial charge is 0.261 e. The van der Waals surface area contributed by atoms with Crippen LogP contribution in [0.3, 0.4) is 0 Å². The third kappa shape index (κ3) is 7.09. The minimum atomic E-state index is -0.557. The Bertz CT molecular complexity index is 937. The minimum Gasteiger partial charge on any atom is -0.483 e. The van der Waals surface area contributed by atoms with Crippen molar-refractivity contribution >= 4 is 27.7 Å². The number of carbonyl (C=O) groups is 2. The molecule has 0 bridgehead atoms. The second-order valence-corrected chi connectivity index (χ2v) is 9.87. The zero-order valence-electron chi connectivity index (χ0n) is 20.0. The highest BCUT2D eigenvalue weighted by molar-refractivity contribution is 9.10. The molecular formula is C26H35BrN2O3. The van der Waals surface area contributed by atoms with Crippen molar-refractivity contribution in [2.24, 2.45) is 0 Å². The highest BCUT2D eigenvalue weighted by Gasteiger charge is 2.29. The number of nitrogens with one attached hydrogen (secondary N) is 1. The van der Waals surface area contributed by atoms with Gasteiger partial charge in [0.15, 0.2) is 6.61 Å². The fourth-order valence-electron chi connectivity index (χ4n) is 3.53. The van der Waals surface area contributed by atoms with Crippen LogP contribution >= 0.6 is 15.9 Å². The van der Waals surface area contributed by atoms with E-state index in [0.717, 1.165) is 15.6 Å². The number of hydrogen-bond donors (Lipinski definition) is 1. The van der Waals surface area contributed by atoms with E-state index < -0.39 is 6.04 Å². The molecule has 1 N–H and O–H groups in total. The van der Waals surface area contributed by atoms with Gasteiger partial charge in [0.05, 0.1) is 4.47 Å². The summed E-state index contributed by atoms with van der Waals surface area (Å²) in [6, 6.07) is 13.3. The molecule has 6 heteroatoms. The number of benzene rings is 2. The summed E-state index contributed by atoms with van der Waals surface area (Å²) in [4.78, 5) is 27.6. The third-order valence-corrected chi connectivity index (χ3v) is 5.94. The van der Waals surface area contributed by atoms with E-state index in [1.54, 1.807) is 4.90 Å². The van der Waals surface area contributed by atoms with Gasteiger partial charge in [0.25, 0.3) is 5.91 Å². The van der Waals surface area contributed by atoms with Gasteiger partial charge in [-0.25, -0.2) is 0 Å². The monoisotopic (exact) mass is 502 g/mol. The van der Waals surface area contributed by atoms with Crippen LogP contribution in [-0.4, -0.2) is 35.9 Å². The Morgan fingerprint density at radius 1 is 1.12 bits per heavy atom. The van der Waals surface area contributed by atoms with Crippen LogP contribution in [0.5, 0.6) is 5.75 Å². The number of nitrogens with zero attached hydrogens (tertiary/aromatic N) is 1. The maximum Gasteiger partial charge on any atom is 0.261 e. The molecule has 174 valence electrons. The molecule has 0 fully saturated rings. The van der Waals surface area contributed by atoms with Gasteiger partial charge >= 0.3 is 0 Å². The second kappa shape index (κ2) is 11.5. The first-order valence-electron chi connectivity index (χ1n) is 11.1. The van der Waals surface area contributed by atoms with Crippen molar-refractivity contribution < 1.29 is 14.3 Å². The normalized spacial score (nSPS) is 12.2. The molecule has 0 spiro atoms. The first kappa shape index (κ1) is 25.9. The van der Waals surface area contributed by atoms with Gasteiger partial charge in [0.1, 0.15) is 11.8 Å². The van der Waals surface area contributed by atoms with Gasteiger partial charge in [-0.15, -0.1) is 0 Å². The van der Waals surface area contributed by atoms with Crippen molar-refractivity contribution in [1.82, 2.24) is 10.2 Å². The molecule has 1 atom stereocenters. The summed E-state index contributed by atoms with van der Waals surface area (Å²) < 4.78 is 6.68. The van der Waals surface area contributed by atoms with Crippen LogP contribution in [0.25, 0.3) is 0 Å². The van der Waals surface area contributed by atoms with Crippen LogP contribution in [-0.2, 0) is 21.5 Å². The Hall–Kier alpha value is -2.34. The van der Waals surface area contributed by atoms with E-state index in [4.69, 9.17) is 4.74 Å². The number of aryl methyl sites for hydroxylation is 1. The van der Waals surface area contributed by atoms with Gasteiger partial charge in [-0.3, -0.25) is 9.59 Å². The van der Waals surface area contributed by atoms with Crippen molar-refractivity contribution in [3.63, 3.8) is 0 Å². The summed E-state index contributed by atoms with van der Waals surface area (Å²) in [6.07, 6.45) is 0.521. The van der Waals surface area contributed by atoms with Gasteiger partial charge in [0, 0.05) is 13.1 Å². The van der Waals surface area contributed by atoms with Crippen molar-refractivity contribution in [2.75, 3.05) is 13.2 Å². The number of carbonyl (C=O) groups excluding carboxylic acids is 2. The van der Waals surface area contributed by atoms with Crippen LogP contribution in [0.2, 0.25) is 0 Å². The lowest BCUT2D eigenvalue weighted by Crippen LogP contribution is -2.50. The second-order valence-electron chi connectivity index (χ2n) is 9.01. The van der Waals surface area contributed by atoms with Crippen LogP contribution in [0, 0.1) is 6.92 Å². The maximum absolute atomic E-state index is 13.3. The molecule has 2 aromatic rings. The molecule has 2 rings (SSSR count). The summed E-state index contributed by atoms with van der Waals surface area (Å²) in [6.45, 7) is 13.0. The molecule has 5 nitrogen and oxygen atoms in total. The Morgan fingerprint density at radius 3 is 2.41 bits per heavy atom. The van der Waals surface area contributed by atoms with Crippen molar-refractivity contribution in [3.05, 3.63) is 63.6 Å². The highest BCUT2D eigenvalue weighted by Crippen LogP contribution is 2.31. The quantitative estimate of drug-likeness (QED) is 0.500. The van der Waals surface area contributed by atoms with E-state index in [-0.39, 0.29) is 23.8 Å². The molecule has 0 heterocycles. The maximum atomic E-state index is 13.3. The van der Waals surface area contributed by atoms with E-state index in [0.29, 0.717) is 25.3 Å². The molecular weight excluding hydrogens is 468 g/mol. The van der Waals surface area contributed by atoms with Crippen LogP contribution < -0.4 is 10.1 Å². The van der Waals surface area contributed by atoms with Crippen LogP contribution in [0.15, 0.2) is 46.9 Å². The summed E-state index contributed by atoms with van der Waals surface area (Å²) in [5.74, 6) is 0.232. The van der Waals surface area contributed by atoms with E-state index in [2.05, 4.69) is 42.0 Å². The fraction of sp³-hybridized carbons (Fsp3) is 0.462. The lowest BCUT2D eigenvalue weighted by Gasteiger charge is -2.30. The largest absolute Gasteiger partial charge is 0.483 e. The molecule has 0 aliphatic carbocycles. The summed E-state index contributed by atoms with van der Waals surface area (Å²) >= 11 is 3.56. The number of halogens is 1. The molecule has 0 saturated heterocycles. The topological polar surface area (TPSA) is 58.6 Å². The average Bonchev–Trinajstić information content (AvgIpc) is 2.72. The molecule has 0 saturated carbocycles. The minimum absolute atomic E-state index is 0.0163. The lowest BCUT2D eigenvalue weighted by molar-refractivity contribution is -0.142. The molecule has 0 aliphatic rings. The number of rotatable bonds is 9. The zero-order valence-corrected chi connectivity index (χ0v) is 21.6. The van der Waals surface area contributed by atoms with Crippen molar-refractivity contribution in [3.8, 4) is 5.75 Å². The molecule has 0 aliphatic heterocycles. The Labute approximate surface area is 200 Å². The van der Waals surface area contributed by atoms with Gasteiger partial charge in [-0.05, 0) is 64.9 Å². The Balaban J connectivity index is 2.22. The van der Waals surface area contributed by atoms with E-state index in [1.165, 1.54) is 5.56 Å². The lowest BCUT2D eigenvalue weighted by atomic mass is 9.87. The first-order valence-corrected chi connectivity index (χ1v) is 11.9. The zero-order chi connectivity index (χ0) is 23.9. The molecule has 0 unspecified atom stereocenters. The fourth-order valence-corrected chi connectivity index (χ4v) is 4.02. The van der Waals surface area contributed by atoms with Crippen LogP contribution in [0.1, 0.15) is 57.7 Å². The van der Waals surface area contributed by atoms with Crippen molar-refractivity contribution in [2.45, 2.75) is 66.0 Å². The van der Waals surface area contributed by atoms with Gasteiger partial charge in [-0.2, -0.15) is 0 Å². The molecule has 2 aromatic carbocycles. The van der Waals surface area contributed by atoms with Crippen molar-refractivity contribution in [1.29, 1.82) is 0 Å². The standard InChI is InChI=1S/C26H35BrN2O3/c1-7-22(25(31)28-8-2)29(16-19-11-9-10-18(3)14-19)24(30)17-32-23-13-12-20(15-21(23)27)26(4,5)6/h9-15,22H,7-8,16-17H2,1-6H3,(H,28,31)/t22-/m0/s1. The van der Waals surface area contributed by atoms with Gasteiger partial charge < -0.3 is 15.0 Å². The number of ether oxygens (including phenoxy) is 1. The molecule has 0 radical (unpaired) electrons. The number of likely N-dealkylation sites (N-methyl/N-ethyl adjacent to an activating group) is 1. The summed E-state index contributed by atoms with van der Waals surface area (Å²) in [7, 11) is 0. The Kier molecular flexibility index (Phi) is 9.32. The van der Waals surface area contributed by atoms with Gasteiger partial charge in [0.2, 0.25) is 5.91 Å². The summed E-state index contributed by atoms with van der Waals surface area (Å²) in [5.41, 5.74) is 3.28. The molecule has 2 amide bonds. The predicted molar refractivity (Wildman–Crippen MR) is 133 cm³/mol. The van der Waals surface area contributed by atoms with E-state index >= 15 is 0 Å². The van der Waals surface area contributed by atoms with Crippen LogP contribution in [0.4, 0.5) is 0 Å². The third-order valence-electron chi connectivity index (χ3n) is 5.32. The average molecular weight is 503 g/mol. The Morgan fingerprint density at radius 2 is 1.84 bits per heavy atom. The number of hydrogen-bond acceptors (Lipinski definition) is 3.